The molecule has 0 radical (unpaired) electrons. The van der Waals surface area contributed by atoms with E-state index in [1.54, 1.807) is 66.7 Å². The summed E-state index contributed by atoms with van der Waals surface area (Å²) in [6.07, 6.45) is -0.878. The Morgan fingerprint density at radius 2 is 1.59 bits per heavy atom. The van der Waals surface area contributed by atoms with Crippen LogP contribution in [0.25, 0.3) is 0 Å². The van der Waals surface area contributed by atoms with E-state index in [1.807, 2.05) is 30.3 Å². The van der Waals surface area contributed by atoms with E-state index in [4.69, 9.17) is 4.74 Å². The third kappa shape index (κ3) is 8.21. The number of phenolic OH excluding ortho intramolecular Hbond substituents is 1. The lowest BCUT2D eigenvalue weighted by molar-refractivity contribution is -0.149. The lowest BCUT2D eigenvalue weighted by Crippen LogP contribution is -2.59. The second-order valence-corrected chi connectivity index (χ2v) is 10.9. The van der Waals surface area contributed by atoms with E-state index >= 15 is 0 Å². The minimum absolute atomic E-state index is 0.120. The molecule has 2 aromatic rings. The molecule has 2 aromatic carbocycles. The number of rotatable bonds is 8. The number of carbonyl (C=O) groups is 3. The van der Waals surface area contributed by atoms with Crippen molar-refractivity contribution >= 4 is 17.9 Å². The normalized spacial score (nSPS) is 13.3. The number of nitrogens with zero attached hydrogens (tertiary/aromatic N) is 1. The maximum Gasteiger partial charge on any atom is 0.408 e. The quantitative estimate of drug-likeness (QED) is 0.427. The molecule has 9 nitrogen and oxygen atoms in total. The average molecular weight is 514 g/mol. The van der Waals surface area contributed by atoms with Gasteiger partial charge in [-0.25, -0.2) is 4.79 Å². The summed E-state index contributed by atoms with van der Waals surface area (Å²) in [6, 6.07) is 11.6. The van der Waals surface area contributed by atoms with Crippen LogP contribution in [0.15, 0.2) is 48.5 Å². The van der Waals surface area contributed by atoms with Crippen LogP contribution in [0.2, 0.25) is 0 Å². The maximum absolute atomic E-state index is 13.8. The zero-order valence-corrected chi connectivity index (χ0v) is 22.7. The molecule has 0 spiro atoms. The van der Waals surface area contributed by atoms with Crippen molar-refractivity contribution in [1.82, 2.24) is 15.5 Å². The molecule has 0 aromatic heterocycles. The van der Waals surface area contributed by atoms with E-state index < -0.39 is 47.7 Å². The van der Waals surface area contributed by atoms with Crippen LogP contribution in [-0.4, -0.2) is 56.8 Å². The van der Waals surface area contributed by atoms with Gasteiger partial charge in [-0.3, -0.25) is 9.59 Å². The van der Waals surface area contributed by atoms with Crippen molar-refractivity contribution in [1.29, 1.82) is 0 Å². The molecule has 202 valence electrons. The molecule has 37 heavy (non-hydrogen) atoms. The van der Waals surface area contributed by atoms with Crippen LogP contribution < -0.4 is 10.6 Å². The van der Waals surface area contributed by atoms with E-state index in [2.05, 4.69) is 10.6 Å². The number of phenols is 1. The van der Waals surface area contributed by atoms with Gasteiger partial charge in [0.25, 0.3) is 0 Å². The van der Waals surface area contributed by atoms with E-state index in [-0.39, 0.29) is 17.9 Å². The Hall–Kier alpha value is -3.59. The number of carbonyl (C=O) groups excluding carboxylic acids is 3. The van der Waals surface area contributed by atoms with Crippen molar-refractivity contribution in [2.45, 2.75) is 78.2 Å². The SMILES string of the molecule is Cc1cccc(C(C(=O)NCc2ccccc2)N(C(=O)C(CO)NC(=O)OC(C)(C)C)C(C)(C)C)c1O. The molecule has 0 saturated heterocycles. The first kappa shape index (κ1) is 29.6. The fraction of sp³-hybridized carbons (Fsp3) is 0.464. The van der Waals surface area contributed by atoms with Gasteiger partial charge in [0.05, 0.1) is 6.61 Å². The molecule has 2 rings (SSSR count). The van der Waals surface area contributed by atoms with Crippen LogP contribution in [-0.2, 0) is 20.9 Å². The number of hydrogen-bond donors (Lipinski definition) is 4. The highest BCUT2D eigenvalue weighted by molar-refractivity contribution is 5.93. The minimum Gasteiger partial charge on any atom is -0.507 e. The number of nitrogens with one attached hydrogen (secondary N) is 2. The van der Waals surface area contributed by atoms with Crippen molar-refractivity contribution in [2.24, 2.45) is 0 Å². The van der Waals surface area contributed by atoms with Gasteiger partial charge in [0.1, 0.15) is 23.4 Å². The Morgan fingerprint density at radius 1 is 0.973 bits per heavy atom. The number of ether oxygens (including phenoxy) is 1. The van der Waals surface area contributed by atoms with Gasteiger partial charge in [-0.1, -0.05) is 48.5 Å². The number of aromatic hydroxyl groups is 1. The largest absolute Gasteiger partial charge is 0.507 e. The molecule has 4 N–H and O–H groups in total. The molecule has 0 aliphatic rings. The standard InChI is InChI=1S/C28H39N3O6/c1-18-12-11-15-20(23(18)33)22(24(34)29-16-19-13-9-8-10-14-19)31(27(2,3)4)25(35)21(17-32)30-26(36)37-28(5,6)7/h8-15,21-22,32-33H,16-17H2,1-7H3,(H,29,34)(H,30,36). The number of hydrogen-bond acceptors (Lipinski definition) is 6. The summed E-state index contributed by atoms with van der Waals surface area (Å²) in [5.41, 5.74) is -0.153. The van der Waals surface area contributed by atoms with E-state index in [0.29, 0.717) is 5.56 Å². The van der Waals surface area contributed by atoms with Gasteiger partial charge in [0.2, 0.25) is 11.8 Å². The maximum atomic E-state index is 13.8. The monoisotopic (exact) mass is 513 g/mol. The predicted molar refractivity (Wildman–Crippen MR) is 141 cm³/mol. The number of aryl methyl sites for hydroxylation is 1. The van der Waals surface area contributed by atoms with Gasteiger partial charge < -0.3 is 30.5 Å². The zero-order valence-electron chi connectivity index (χ0n) is 22.7. The fourth-order valence-corrected chi connectivity index (χ4v) is 3.83. The van der Waals surface area contributed by atoms with Gasteiger partial charge in [0.15, 0.2) is 0 Å². The van der Waals surface area contributed by atoms with Gasteiger partial charge in [-0.15, -0.1) is 0 Å². The minimum atomic E-state index is -1.38. The summed E-state index contributed by atoms with van der Waals surface area (Å²) in [5, 5.41) is 26.2. The Bertz CT molecular complexity index is 1090. The molecule has 0 heterocycles. The van der Waals surface area contributed by atoms with Gasteiger partial charge in [-0.05, 0) is 59.6 Å². The number of alkyl carbamates (subject to hydrolysis) is 1. The van der Waals surface area contributed by atoms with E-state index in [1.165, 1.54) is 4.90 Å². The van der Waals surface area contributed by atoms with Gasteiger partial charge >= 0.3 is 6.09 Å². The third-order valence-electron chi connectivity index (χ3n) is 5.51. The van der Waals surface area contributed by atoms with Crippen LogP contribution in [0, 0.1) is 6.92 Å². The molecule has 9 heteroatoms. The lowest BCUT2D eigenvalue weighted by atomic mass is 9.94. The highest BCUT2D eigenvalue weighted by Crippen LogP contribution is 2.36. The number of aliphatic hydroxyl groups excluding tert-OH is 1. The Labute approximate surface area is 218 Å². The third-order valence-corrected chi connectivity index (χ3v) is 5.51. The molecule has 2 unspecified atom stereocenters. The van der Waals surface area contributed by atoms with Crippen molar-refractivity contribution in [2.75, 3.05) is 6.61 Å². The second kappa shape index (κ2) is 12.1. The van der Waals surface area contributed by atoms with Crippen molar-refractivity contribution in [3.63, 3.8) is 0 Å². The van der Waals surface area contributed by atoms with E-state index in [9.17, 15) is 24.6 Å². The molecule has 3 amide bonds. The Morgan fingerprint density at radius 3 is 2.14 bits per heavy atom. The molecular formula is C28H39N3O6. The molecule has 0 aliphatic carbocycles. The molecule has 0 aliphatic heterocycles. The van der Waals surface area contributed by atoms with Crippen LogP contribution >= 0.6 is 0 Å². The molecule has 0 bridgehead atoms. The summed E-state index contributed by atoms with van der Waals surface area (Å²) in [4.78, 5) is 41.2. The van der Waals surface area contributed by atoms with Crippen LogP contribution in [0.5, 0.6) is 5.75 Å². The van der Waals surface area contributed by atoms with Crippen molar-refractivity contribution < 1.29 is 29.3 Å². The Kier molecular flexibility index (Phi) is 9.69. The lowest BCUT2D eigenvalue weighted by Gasteiger charge is -2.43. The highest BCUT2D eigenvalue weighted by atomic mass is 16.6. The number of para-hydroxylation sites is 1. The van der Waals surface area contributed by atoms with Crippen molar-refractivity contribution in [3.8, 4) is 5.75 Å². The number of amides is 3. The molecule has 0 fully saturated rings. The number of benzene rings is 2. The predicted octanol–water partition coefficient (Wildman–Crippen LogP) is 3.57. The summed E-state index contributed by atoms with van der Waals surface area (Å²) >= 11 is 0. The summed E-state index contributed by atoms with van der Waals surface area (Å²) < 4.78 is 5.25. The summed E-state index contributed by atoms with van der Waals surface area (Å²) in [7, 11) is 0. The molecular weight excluding hydrogens is 474 g/mol. The van der Waals surface area contributed by atoms with E-state index in [0.717, 1.165) is 5.56 Å². The first-order valence-electron chi connectivity index (χ1n) is 12.2. The Balaban J connectivity index is 2.51. The first-order chi connectivity index (χ1) is 17.2. The summed E-state index contributed by atoms with van der Waals surface area (Å²) in [6.45, 7) is 11.4. The zero-order chi connectivity index (χ0) is 28.0. The second-order valence-electron chi connectivity index (χ2n) is 10.9. The fourth-order valence-electron chi connectivity index (χ4n) is 3.83. The van der Waals surface area contributed by atoms with Crippen molar-refractivity contribution in [3.05, 3.63) is 65.2 Å². The van der Waals surface area contributed by atoms with Crippen LogP contribution in [0.4, 0.5) is 4.79 Å². The smallest absolute Gasteiger partial charge is 0.408 e. The van der Waals surface area contributed by atoms with Gasteiger partial charge in [0, 0.05) is 17.6 Å². The summed E-state index contributed by atoms with van der Waals surface area (Å²) in [5.74, 6) is -1.35. The molecule has 0 saturated carbocycles. The van der Waals surface area contributed by atoms with Crippen LogP contribution in [0.1, 0.15) is 64.3 Å². The molecule has 2 atom stereocenters. The first-order valence-corrected chi connectivity index (χ1v) is 12.2. The average Bonchev–Trinajstić information content (AvgIpc) is 2.79. The number of aliphatic hydroxyl groups is 1. The topological polar surface area (TPSA) is 128 Å². The highest BCUT2D eigenvalue weighted by Gasteiger charge is 2.42. The van der Waals surface area contributed by atoms with Crippen LogP contribution in [0.3, 0.4) is 0 Å². The van der Waals surface area contributed by atoms with Gasteiger partial charge in [-0.2, -0.15) is 0 Å².